The Hall–Kier alpha value is -1.10. The zero-order valence-electron chi connectivity index (χ0n) is 13.8. The molecule has 0 aromatic heterocycles. The van der Waals surface area contributed by atoms with Gasteiger partial charge in [0.1, 0.15) is 0 Å². The monoisotopic (exact) mass is 311 g/mol. The van der Waals surface area contributed by atoms with E-state index in [-0.39, 0.29) is 11.8 Å². The molecule has 2 aliphatic heterocycles. The quantitative estimate of drug-likeness (QED) is 0.784. The van der Waals surface area contributed by atoms with Crippen LogP contribution >= 0.6 is 0 Å². The van der Waals surface area contributed by atoms with Gasteiger partial charge in [-0.25, -0.2) is 0 Å². The Morgan fingerprint density at radius 3 is 2.77 bits per heavy atom. The van der Waals surface area contributed by atoms with Crippen LogP contribution in [0.4, 0.5) is 0 Å². The summed E-state index contributed by atoms with van der Waals surface area (Å²) in [5.41, 5.74) is -0.779. The van der Waals surface area contributed by atoms with Crippen molar-refractivity contribution in [1.29, 1.82) is 0 Å². The van der Waals surface area contributed by atoms with E-state index in [1.165, 1.54) is 0 Å². The van der Waals surface area contributed by atoms with E-state index >= 15 is 0 Å². The molecule has 2 fully saturated rings. The highest BCUT2D eigenvalue weighted by Crippen LogP contribution is 2.42. The summed E-state index contributed by atoms with van der Waals surface area (Å²) in [7, 11) is 0. The van der Waals surface area contributed by atoms with E-state index in [1.807, 2.05) is 0 Å². The van der Waals surface area contributed by atoms with Gasteiger partial charge in [0, 0.05) is 32.0 Å². The number of amides is 1. The molecular formula is C17H29NO4. The lowest BCUT2D eigenvalue weighted by molar-refractivity contribution is -0.157. The van der Waals surface area contributed by atoms with Crippen molar-refractivity contribution < 1.29 is 19.4 Å². The molecule has 2 heterocycles. The largest absolute Gasteiger partial charge is 0.481 e. The highest BCUT2D eigenvalue weighted by molar-refractivity contribution is 5.81. The van der Waals surface area contributed by atoms with Crippen LogP contribution in [0.5, 0.6) is 0 Å². The van der Waals surface area contributed by atoms with Crippen molar-refractivity contribution in [2.24, 2.45) is 17.3 Å². The molecular weight excluding hydrogens is 282 g/mol. The van der Waals surface area contributed by atoms with Crippen LogP contribution in [-0.2, 0) is 14.3 Å². The Morgan fingerprint density at radius 2 is 2.18 bits per heavy atom. The molecule has 1 N–H and O–H groups in total. The fraction of sp³-hybridized carbons (Fsp3) is 0.882. The molecule has 2 saturated heterocycles. The SMILES string of the molecule is CCCCC(CC)CC(=O)N1C[C@H]2COCC[C@@]2(C(=O)O)C1. The number of nitrogens with zero attached hydrogens (tertiary/aromatic N) is 1. The van der Waals surface area contributed by atoms with Crippen molar-refractivity contribution >= 4 is 11.9 Å². The molecule has 0 spiro atoms. The zero-order chi connectivity index (χ0) is 16.2. The molecule has 0 aromatic carbocycles. The van der Waals surface area contributed by atoms with E-state index in [9.17, 15) is 14.7 Å². The fourth-order valence-corrected chi connectivity index (χ4v) is 3.81. The number of carboxylic acids is 1. The Bertz CT molecular complexity index is 411. The number of carbonyl (C=O) groups is 2. The molecule has 1 amide bonds. The van der Waals surface area contributed by atoms with Gasteiger partial charge < -0.3 is 14.7 Å². The van der Waals surface area contributed by atoms with Gasteiger partial charge in [0.15, 0.2) is 0 Å². The first kappa shape index (κ1) is 17.3. The lowest BCUT2D eigenvalue weighted by atomic mass is 9.74. The third kappa shape index (κ3) is 3.45. The molecule has 22 heavy (non-hydrogen) atoms. The number of carboxylic acid groups (broad SMARTS) is 1. The molecule has 5 heteroatoms. The van der Waals surface area contributed by atoms with E-state index < -0.39 is 11.4 Å². The average Bonchev–Trinajstić information content (AvgIpc) is 2.92. The fourth-order valence-electron chi connectivity index (χ4n) is 3.81. The third-order valence-corrected chi connectivity index (χ3v) is 5.49. The predicted octanol–water partition coefficient (Wildman–Crippen LogP) is 2.54. The Morgan fingerprint density at radius 1 is 1.41 bits per heavy atom. The van der Waals surface area contributed by atoms with Crippen LogP contribution in [0.15, 0.2) is 0 Å². The average molecular weight is 311 g/mol. The first-order valence-electron chi connectivity index (χ1n) is 8.62. The number of rotatable bonds is 7. The second-order valence-electron chi connectivity index (χ2n) is 6.88. The van der Waals surface area contributed by atoms with E-state index in [0.29, 0.717) is 45.1 Å². The van der Waals surface area contributed by atoms with Gasteiger partial charge in [-0.3, -0.25) is 9.59 Å². The van der Waals surface area contributed by atoms with Crippen molar-refractivity contribution in [1.82, 2.24) is 4.90 Å². The first-order valence-corrected chi connectivity index (χ1v) is 8.62. The first-order chi connectivity index (χ1) is 10.5. The number of hydrogen-bond donors (Lipinski definition) is 1. The minimum absolute atomic E-state index is 0.0570. The topological polar surface area (TPSA) is 66.8 Å². The van der Waals surface area contributed by atoms with Crippen LogP contribution in [-0.4, -0.2) is 48.2 Å². The van der Waals surface area contributed by atoms with Gasteiger partial charge in [-0.2, -0.15) is 0 Å². The highest BCUT2D eigenvalue weighted by atomic mass is 16.5. The van der Waals surface area contributed by atoms with Gasteiger partial charge >= 0.3 is 5.97 Å². The van der Waals surface area contributed by atoms with E-state index in [1.54, 1.807) is 4.90 Å². The lowest BCUT2D eigenvalue weighted by Crippen LogP contribution is -2.45. The summed E-state index contributed by atoms with van der Waals surface area (Å²) in [5, 5.41) is 9.65. The van der Waals surface area contributed by atoms with Crippen molar-refractivity contribution in [3.63, 3.8) is 0 Å². The molecule has 126 valence electrons. The summed E-state index contributed by atoms with van der Waals surface area (Å²) in [4.78, 5) is 26.1. The van der Waals surface area contributed by atoms with Crippen molar-refractivity contribution in [3.05, 3.63) is 0 Å². The molecule has 0 saturated carbocycles. The minimum Gasteiger partial charge on any atom is -0.481 e. The van der Waals surface area contributed by atoms with Crippen LogP contribution in [0, 0.1) is 17.3 Å². The molecule has 0 bridgehead atoms. The number of hydrogen-bond acceptors (Lipinski definition) is 3. The Balaban J connectivity index is 1.98. The maximum Gasteiger partial charge on any atom is 0.311 e. The van der Waals surface area contributed by atoms with Crippen molar-refractivity contribution in [2.45, 2.75) is 52.4 Å². The van der Waals surface area contributed by atoms with Crippen LogP contribution in [0.1, 0.15) is 52.4 Å². The van der Waals surface area contributed by atoms with E-state index in [4.69, 9.17) is 4.74 Å². The van der Waals surface area contributed by atoms with Crippen LogP contribution < -0.4 is 0 Å². The summed E-state index contributed by atoms with van der Waals surface area (Å²) in [5.74, 6) is -0.280. The smallest absolute Gasteiger partial charge is 0.311 e. The zero-order valence-corrected chi connectivity index (χ0v) is 13.8. The summed E-state index contributed by atoms with van der Waals surface area (Å²) < 4.78 is 5.44. The highest BCUT2D eigenvalue weighted by Gasteiger charge is 2.54. The number of likely N-dealkylation sites (tertiary alicyclic amines) is 1. The second kappa shape index (κ2) is 7.44. The standard InChI is InChI=1S/C17H29NO4/c1-3-5-6-13(4-2)9-15(19)18-10-14-11-22-8-7-17(14,12-18)16(20)21/h13-14H,3-12H2,1-2H3,(H,20,21)/t13?,14-,17+/m0/s1. The van der Waals surface area contributed by atoms with Crippen LogP contribution in [0.3, 0.4) is 0 Å². The molecule has 2 rings (SSSR count). The number of fused-ring (bicyclic) bond motifs is 1. The molecule has 5 nitrogen and oxygen atoms in total. The van der Waals surface area contributed by atoms with Gasteiger partial charge in [0.2, 0.25) is 5.91 Å². The van der Waals surface area contributed by atoms with Gasteiger partial charge in [0.25, 0.3) is 0 Å². The summed E-state index contributed by atoms with van der Waals surface area (Å²) in [6, 6.07) is 0. The Kier molecular flexibility index (Phi) is 5.84. The summed E-state index contributed by atoms with van der Waals surface area (Å²) >= 11 is 0. The lowest BCUT2D eigenvalue weighted by Gasteiger charge is -2.33. The van der Waals surface area contributed by atoms with Crippen LogP contribution in [0.2, 0.25) is 0 Å². The van der Waals surface area contributed by atoms with Crippen molar-refractivity contribution in [2.75, 3.05) is 26.3 Å². The molecule has 1 unspecified atom stereocenters. The summed E-state index contributed by atoms with van der Waals surface area (Å²) in [6.07, 6.45) is 5.47. The van der Waals surface area contributed by atoms with Gasteiger partial charge in [-0.15, -0.1) is 0 Å². The molecule has 2 aliphatic rings. The molecule has 0 radical (unpaired) electrons. The number of aliphatic carboxylic acids is 1. The van der Waals surface area contributed by atoms with Gasteiger partial charge in [-0.1, -0.05) is 33.1 Å². The number of unbranched alkanes of at least 4 members (excludes halogenated alkanes) is 1. The second-order valence-corrected chi connectivity index (χ2v) is 6.88. The normalized spacial score (nSPS) is 29.2. The number of carbonyl (C=O) groups excluding carboxylic acids is 1. The number of ether oxygens (including phenoxy) is 1. The molecule has 0 aromatic rings. The van der Waals surface area contributed by atoms with Gasteiger partial charge in [0.05, 0.1) is 12.0 Å². The van der Waals surface area contributed by atoms with E-state index in [0.717, 1.165) is 25.7 Å². The molecule has 0 aliphatic carbocycles. The summed E-state index contributed by atoms with van der Waals surface area (Å²) in [6.45, 7) is 6.14. The van der Waals surface area contributed by atoms with Crippen LogP contribution in [0.25, 0.3) is 0 Å². The third-order valence-electron chi connectivity index (χ3n) is 5.49. The van der Waals surface area contributed by atoms with Crippen molar-refractivity contribution in [3.8, 4) is 0 Å². The molecule has 3 atom stereocenters. The Labute approximate surface area is 133 Å². The van der Waals surface area contributed by atoms with E-state index in [2.05, 4.69) is 13.8 Å². The maximum absolute atomic E-state index is 12.6. The maximum atomic E-state index is 12.6. The van der Waals surface area contributed by atoms with Gasteiger partial charge in [-0.05, 0) is 18.8 Å². The predicted molar refractivity (Wildman–Crippen MR) is 83.5 cm³/mol. The minimum atomic E-state index is -0.779.